The van der Waals surface area contributed by atoms with E-state index in [1.165, 1.54) is 70.6 Å². The van der Waals surface area contributed by atoms with E-state index in [0.717, 1.165) is 25.7 Å². The highest BCUT2D eigenvalue weighted by molar-refractivity contribution is 5.98. The minimum absolute atomic E-state index is 0.109. The summed E-state index contributed by atoms with van der Waals surface area (Å²) >= 11 is 0. The predicted molar refractivity (Wildman–Crippen MR) is 146 cm³/mol. The summed E-state index contributed by atoms with van der Waals surface area (Å²) in [6.07, 6.45) is 22.9. The molecule has 0 aliphatic heterocycles. The van der Waals surface area contributed by atoms with E-state index in [0.29, 0.717) is 18.6 Å². The van der Waals surface area contributed by atoms with Crippen molar-refractivity contribution in [2.45, 2.75) is 129 Å². The SMILES string of the molecule is C=C(CCC)CC(CC(=C)OCCCCCCCC/C=C\CCCCCCCC)(C(=O)O)C(=O)O. The van der Waals surface area contributed by atoms with Crippen molar-refractivity contribution >= 4 is 11.9 Å². The zero-order valence-electron chi connectivity index (χ0n) is 22.6. The molecule has 0 bridgehead atoms. The van der Waals surface area contributed by atoms with Gasteiger partial charge in [0, 0.05) is 6.42 Å². The minimum atomic E-state index is -1.97. The Morgan fingerprint density at radius 3 is 1.69 bits per heavy atom. The maximum absolute atomic E-state index is 11.8. The van der Waals surface area contributed by atoms with Crippen molar-refractivity contribution < 1.29 is 24.5 Å². The number of carboxylic acid groups (broad SMARTS) is 2. The van der Waals surface area contributed by atoms with Gasteiger partial charge in [-0.15, -0.1) is 0 Å². The average molecular weight is 493 g/mol. The molecule has 5 heteroatoms. The largest absolute Gasteiger partial charge is 0.499 e. The normalized spacial score (nSPS) is 11.6. The highest BCUT2D eigenvalue weighted by Crippen LogP contribution is 2.35. The van der Waals surface area contributed by atoms with Crippen LogP contribution < -0.4 is 0 Å². The van der Waals surface area contributed by atoms with Gasteiger partial charge in [-0.25, -0.2) is 0 Å². The first kappa shape index (κ1) is 33.0. The Hall–Kier alpha value is -2.04. The van der Waals surface area contributed by atoms with E-state index in [4.69, 9.17) is 4.74 Å². The van der Waals surface area contributed by atoms with Gasteiger partial charge in [-0.3, -0.25) is 9.59 Å². The van der Waals surface area contributed by atoms with Gasteiger partial charge in [0.05, 0.1) is 12.4 Å². The number of ether oxygens (including phenoxy) is 1. The molecule has 0 aliphatic carbocycles. The molecule has 0 fully saturated rings. The number of allylic oxidation sites excluding steroid dienone is 4. The van der Waals surface area contributed by atoms with Crippen molar-refractivity contribution in [1.29, 1.82) is 0 Å². The maximum Gasteiger partial charge on any atom is 0.321 e. The molecule has 0 aromatic rings. The molecule has 0 radical (unpaired) electrons. The number of rotatable bonds is 25. The van der Waals surface area contributed by atoms with Crippen LogP contribution >= 0.6 is 0 Å². The minimum Gasteiger partial charge on any atom is -0.499 e. The number of carboxylic acids is 2. The monoisotopic (exact) mass is 492 g/mol. The van der Waals surface area contributed by atoms with Crippen molar-refractivity contribution in [2.75, 3.05) is 6.61 Å². The second-order valence-electron chi connectivity index (χ2n) is 9.87. The fourth-order valence-corrected chi connectivity index (χ4v) is 4.28. The summed E-state index contributed by atoms with van der Waals surface area (Å²) in [6.45, 7) is 12.3. The van der Waals surface area contributed by atoms with Crippen LogP contribution in [-0.4, -0.2) is 28.8 Å². The van der Waals surface area contributed by atoms with Gasteiger partial charge < -0.3 is 14.9 Å². The van der Waals surface area contributed by atoms with Crippen LogP contribution in [0.4, 0.5) is 0 Å². The molecule has 0 aliphatic rings. The molecule has 0 amide bonds. The Morgan fingerprint density at radius 2 is 1.20 bits per heavy atom. The van der Waals surface area contributed by atoms with E-state index >= 15 is 0 Å². The van der Waals surface area contributed by atoms with E-state index in [2.05, 4.69) is 32.2 Å². The van der Waals surface area contributed by atoms with Crippen molar-refractivity contribution in [2.24, 2.45) is 5.41 Å². The Labute approximate surface area is 214 Å². The highest BCUT2D eigenvalue weighted by atomic mass is 16.5. The van der Waals surface area contributed by atoms with Crippen molar-refractivity contribution in [3.05, 3.63) is 36.6 Å². The van der Waals surface area contributed by atoms with Crippen molar-refractivity contribution in [1.82, 2.24) is 0 Å². The Bertz CT molecular complexity index is 621. The van der Waals surface area contributed by atoms with Crippen LogP contribution in [0, 0.1) is 5.41 Å². The standard InChI is InChI=1S/C30H52O5/c1-5-7-8-9-10-11-12-13-14-15-16-17-18-19-20-21-23-35-27(4)25-30(28(31)32,29(33)34)24-26(3)22-6-2/h13-14H,3-12,15-25H2,1-2H3,(H,31,32)(H,33,34)/b14-13-. The number of aliphatic carboxylic acids is 2. The average Bonchev–Trinajstić information content (AvgIpc) is 2.80. The van der Waals surface area contributed by atoms with Gasteiger partial charge in [-0.1, -0.05) is 109 Å². The molecule has 0 aromatic heterocycles. The second kappa shape index (κ2) is 21.3. The van der Waals surface area contributed by atoms with Gasteiger partial charge in [-0.2, -0.15) is 0 Å². The topological polar surface area (TPSA) is 83.8 Å². The van der Waals surface area contributed by atoms with Crippen LogP contribution in [-0.2, 0) is 14.3 Å². The summed E-state index contributed by atoms with van der Waals surface area (Å²) in [5, 5.41) is 19.3. The lowest BCUT2D eigenvalue weighted by atomic mass is 9.77. The summed E-state index contributed by atoms with van der Waals surface area (Å²) in [7, 11) is 0. The third kappa shape index (κ3) is 16.3. The number of carbonyl (C=O) groups is 2. The molecule has 0 rings (SSSR count). The zero-order valence-corrected chi connectivity index (χ0v) is 22.6. The first-order valence-corrected chi connectivity index (χ1v) is 13.9. The summed E-state index contributed by atoms with van der Waals surface area (Å²) in [5.74, 6) is -2.53. The van der Waals surface area contributed by atoms with Crippen LogP contribution in [0.5, 0.6) is 0 Å². The zero-order chi connectivity index (χ0) is 26.4. The van der Waals surface area contributed by atoms with Crippen molar-refractivity contribution in [3.63, 3.8) is 0 Å². The molecule has 5 nitrogen and oxygen atoms in total. The molecule has 0 spiro atoms. The van der Waals surface area contributed by atoms with E-state index in [-0.39, 0.29) is 18.6 Å². The number of hydrogen-bond acceptors (Lipinski definition) is 3. The van der Waals surface area contributed by atoms with Crippen LogP contribution in [0.3, 0.4) is 0 Å². The van der Waals surface area contributed by atoms with Gasteiger partial charge in [0.1, 0.15) is 0 Å². The summed E-state index contributed by atoms with van der Waals surface area (Å²) in [4.78, 5) is 23.7. The van der Waals surface area contributed by atoms with Crippen LogP contribution in [0.25, 0.3) is 0 Å². The molecule has 0 saturated heterocycles. The molecular weight excluding hydrogens is 440 g/mol. The third-order valence-corrected chi connectivity index (χ3v) is 6.44. The van der Waals surface area contributed by atoms with Gasteiger partial charge >= 0.3 is 11.9 Å². The molecule has 0 atom stereocenters. The van der Waals surface area contributed by atoms with Gasteiger partial charge in [0.15, 0.2) is 5.41 Å². The summed E-state index contributed by atoms with van der Waals surface area (Å²) < 4.78 is 5.60. The molecule has 0 unspecified atom stereocenters. The predicted octanol–water partition coefficient (Wildman–Crippen LogP) is 8.85. The fourth-order valence-electron chi connectivity index (χ4n) is 4.28. The van der Waals surface area contributed by atoms with Crippen LogP contribution in [0.15, 0.2) is 36.6 Å². The lowest BCUT2D eigenvalue weighted by Gasteiger charge is -2.26. The van der Waals surface area contributed by atoms with Crippen molar-refractivity contribution in [3.8, 4) is 0 Å². The van der Waals surface area contributed by atoms with E-state index < -0.39 is 17.4 Å². The molecule has 35 heavy (non-hydrogen) atoms. The molecule has 0 heterocycles. The van der Waals surface area contributed by atoms with E-state index in [9.17, 15) is 19.8 Å². The maximum atomic E-state index is 11.8. The Balaban J connectivity index is 3.93. The molecule has 2 N–H and O–H groups in total. The quantitative estimate of drug-likeness (QED) is 0.0575. The van der Waals surface area contributed by atoms with E-state index in [1.807, 2.05) is 6.92 Å². The van der Waals surface area contributed by atoms with Crippen LogP contribution in [0.1, 0.15) is 129 Å². The molecule has 202 valence electrons. The Kier molecular flexibility index (Phi) is 20.0. The summed E-state index contributed by atoms with van der Waals surface area (Å²) in [5.41, 5.74) is -1.34. The van der Waals surface area contributed by atoms with Gasteiger partial charge in [0.2, 0.25) is 0 Å². The summed E-state index contributed by atoms with van der Waals surface area (Å²) in [6, 6.07) is 0. The first-order chi connectivity index (χ1) is 16.8. The lowest BCUT2D eigenvalue weighted by molar-refractivity contribution is -0.165. The molecule has 0 aromatic carbocycles. The fraction of sp³-hybridized carbons (Fsp3) is 0.733. The van der Waals surface area contributed by atoms with E-state index in [1.54, 1.807) is 0 Å². The molecule has 0 saturated carbocycles. The second-order valence-corrected chi connectivity index (χ2v) is 9.87. The number of hydrogen-bond donors (Lipinski definition) is 2. The number of unbranched alkanes of at least 4 members (excludes halogenated alkanes) is 12. The Morgan fingerprint density at radius 1 is 0.714 bits per heavy atom. The lowest BCUT2D eigenvalue weighted by Crippen LogP contribution is -2.40. The van der Waals surface area contributed by atoms with Gasteiger partial charge in [0.25, 0.3) is 0 Å². The third-order valence-electron chi connectivity index (χ3n) is 6.44. The first-order valence-electron chi connectivity index (χ1n) is 13.9. The highest BCUT2D eigenvalue weighted by Gasteiger charge is 2.47. The molecular formula is C30H52O5. The smallest absolute Gasteiger partial charge is 0.321 e. The van der Waals surface area contributed by atoms with Gasteiger partial charge in [-0.05, 0) is 44.9 Å². The van der Waals surface area contributed by atoms with Crippen LogP contribution in [0.2, 0.25) is 0 Å².